The number of carbonyl (C=O) groups excluding carboxylic acids is 2. The van der Waals surface area contributed by atoms with E-state index in [0.29, 0.717) is 25.2 Å². The molecule has 2 heterocycles. The quantitative estimate of drug-likeness (QED) is 0.817. The molecule has 1 unspecified atom stereocenters. The standard InChI is InChI=1S/C21H25N3O3/c1-2-24(15-16-7-4-3-5-8-16)21(26)17-10-11-22-19(13-17)20(25)23-14-18-9-6-12-27-18/h3-5,7-8,10-11,13,18H,2,6,9,12,14-15H2,1H3,(H,23,25). The van der Waals surface area contributed by atoms with Gasteiger partial charge >= 0.3 is 0 Å². The molecule has 0 spiro atoms. The SMILES string of the molecule is CCN(Cc1ccccc1)C(=O)c1ccnc(C(=O)NCC2CCCO2)c1. The minimum absolute atomic E-state index is 0.0696. The lowest BCUT2D eigenvalue weighted by molar-refractivity contribution is 0.0752. The van der Waals surface area contributed by atoms with Crippen molar-refractivity contribution in [2.45, 2.75) is 32.4 Å². The number of benzene rings is 1. The fourth-order valence-electron chi connectivity index (χ4n) is 3.10. The molecule has 2 aromatic rings. The maximum atomic E-state index is 12.9. The fourth-order valence-corrected chi connectivity index (χ4v) is 3.10. The Balaban J connectivity index is 1.65. The number of pyridine rings is 1. The molecule has 2 amide bonds. The van der Waals surface area contributed by atoms with Crippen LogP contribution in [-0.2, 0) is 11.3 Å². The van der Waals surface area contributed by atoms with E-state index < -0.39 is 0 Å². The highest BCUT2D eigenvalue weighted by atomic mass is 16.5. The third-order valence-corrected chi connectivity index (χ3v) is 4.64. The Hall–Kier alpha value is -2.73. The second kappa shape index (κ2) is 9.28. The molecule has 1 saturated heterocycles. The highest BCUT2D eigenvalue weighted by Crippen LogP contribution is 2.12. The zero-order valence-electron chi connectivity index (χ0n) is 15.6. The summed E-state index contributed by atoms with van der Waals surface area (Å²) in [5, 5.41) is 2.84. The van der Waals surface area contributed by atoms with E-state index in [2.05, 4.69) is 10.3 Å². The lowest BCUT2D eigenvalue weighted by atomic mass is 10.1. The summed E-state index contributed by atoms with van der Waals surface area (Å²) in [4.78, 5) is 31.1. The first-order valence-electron chi connectivity index (χ1n) is 9.36. The summed E-state index contributed by atoms with van der Waals surface area (Å²) in [7, 11) is 0. The Morgan fingerprint density at radius 2 is 2.07 bits per heavy atom. The Bertz CT molecular complexity index is 773. The van der Waals surface area contributed by atoms with Crippen molar-refractivity contribution in [3.8, 4) is 0 Å². The van der Waals surface area contributed by atoms with Crippen LogP contribution in [0.3, 0.4) is 0 Å². The van der Waals surface area contributed by atoms with E-state index >= 15 is 0 Å². The zero-order chi connectivity index (χ0) is 19.1. The number of amides is 2. The smallest absolute Gasteiger partial charge is 0.269 e. The van der Waals surface area contributed by atoms with Crippen LogP contribution in [0.15, 0.2) is 48.7 Å². The van der Waals surface area contributed by atoms with E-state index in [9.17, 15) is 9.59 Å². The zero-order valence-corrected chi connectivity index (χ0v) is 15.6. The normalized spacial score (nSPS) is 16.1. The van der Waals surface area contributed by atoms with Gasteiger partial charge < -0.3 is 15.0 Å². The van der Waals surface area contributed by atoms with Crippen LogP contribution in [-0.4, -0.2) is 47.5 Å². The van der Waals surface area contributed by atoms with Gasteiger partial charge in [0.25, 0.3) is 11.8 Å². The van der Waals surface area contributed by atoms with E-state index in [-0.39, 0.29) is 23.6 Å². The Morgan fingerprint density at radius 3 is 2.78 bits per heavy atom. The number of nitrogens with one attached hydrogen (secondary N) is 1. The molecule has 1 aliphatic heterocycles. The van der Waals surface area contributed by atoms with Crippen LogP contribution in [0, 0.1) is 0 Å². The van der Waals surface area contributed by atoms with Crippen molar-refractivity contribution in [1.82, 2.24) is 15.2 Å². The van der Waals surface area contributed by atoms with Crippen molar-refractivity contribution in [3.63, 3.8) is 0 Å². The van der Waals surface area contributed by atoms with Crippen LogP contribution in [0.2, 0.25) is 0 Å². The fraction of sp³-hybridized carbons (Fsp3) is 0.381. The second-order valence-corrected chi connectivity index (χ2v) is 6.58. The minimum atomic E-state index is -0.286. The van der Waals surface area contributed by atoms with Gasteiger partial charge in [-0.05, 0) is 37.5 Å². The van der Waals surface area contributed by atoms with Crippen LogP contribution in [0.25, 0.3) is 0 Å². The molecule has 0 aliphatic carbocycles. The molecule has 1 aromatic heterocycles. The highest BCUT2D eigenvalue weighted by Gasteiger charge is 2.19. The molecule has 1 aliphatic rings. The number of ether oxygens (including phenoxy) is 1. The summed E-state index contributed by atoms with van der Waals surface area (Å²) in [5.41, 5.74) is 1.77. The molecule has 6 heteroatoms. The molecule has 1 aromatic carbocycles. The first-order chi connectivity index (χ1) is 13.2. The largest absolute Gasteiger partial charge is 0.376 e. The van der Waals surface area contributed by atoms with Crippen molar-refractivity contribution in [3.05, 3.63) is 65.5 Å². The van der Waals surface area contributed by atoms with Gasteiger partial charge in [0.2, 0.25) is 0 Å². The predicted octanol–water partition coefficient (Wildman–Crippen LogP) is 2.65. The van der Waals surface area contributed by atoms with E-state index in [4.69, 9.17) is 4.74 Å². The summed E-state index contributed by atoms with van der Waals surface area (Å²) < 4.78 is 5.51. The van der Waals surface area contributed by atoms with Crippen LogP contribution >= 0.6 is 0 Å². The lowest BCUT2D eigenvalue weighted by Crippen LogP contribution is -2.33. The van der Waals surface area contributed by atoms with Gasteiger partial charge in [0.15, 0.2) is 0 Å². The number of aromatic nitrogens is 1. The molecule has 1 fully saturated rings. The average molecular weight is 367 g/mol. The molecule has 0 radical (unpaired) electrons. The number of carbonyl (C=O) groups is 2. The summed E-state index contributed by atoms with van der Waals surface area (Å²) in [5.74, 6) is -0.400. The van der Waals surface area contributed by atoms with Gasteiger partial charge in [0.1, 0.15) is 5.69 Å². The summed E-state index contributed by atoms with van der Waals surface area (Å²) in [6.07, 6.45) is 3.55. The minimum Gasteiger partial charge on any atom is -0.376 e. The van der Waals surface area contributed by atoms with Crippen molar-refractivity contribution in [2.75, 3.05) is 19.7 Å². The van der Waals surface area contributed by atoms with Gasteiger partial charge in [-0.2, -0.15) is 0 Å². The van der Waals surface area contributed by atoms with E-state index in [1.165, 1.54) is 6.20 Å². The third-order valence-electron chi connectivity index (χ3n) is 4.64. The van der Waals surface area contributed by atoms with Crippen molar-refractivity contribution < 1.29 is 14.3 Å². The van der Waals surface area contributed by atoms with Gasteiger partial charge in [-0.3, -0.25) is 14.6 Å². The molecule has 142 valence electrons. The first kappa shape index (κ1) is 19.0. The molecular formula is C21H25N3O3. The molecule has 27 heavy (non-hydrogen) atoms. The van der Waals surface area contributed by atoms with Gasteiger partial charge in [-0.15, -0.1) is 0 Å². The van der Waals surface area contributed by atoms with Crippen LogP contribution in [0.1, 0.15) is 46.2 Å². The van der Waals surface area contributed by atoms with Crippen LogP contribution in [0.4, 0.5) is 0 Å². The summed E-state index contributed by atoms with van der Waals surface area (Å²) in [6, 6.07) is 13.0. The first-order valence-corrected chi connectivity index (χ1v) is 9.36. The van der Waals surface area contributed by atoms with E-state index in [0.717, 1.165) is 25.0 Å². The summed E-state index contributed by atoms with van der Waals surface area (Å²) >= 11 is 0. The number of nitrogens with zero attached hydrogens (tertiary/aromatic N) is 2. The average Bonchev–Trinajstić information content (AvgIpc) is 3.24. The van der Waals surface area contributed by atoms with Crippen LogP contribution < -0.4 is 5.32 Å². The van der Waals surface area contributed by atoms with Gasteiger partial charge in [-0.1, -0.05) is 30.3 Å². The third kappa shape index (κ3) is 5.14. The van der Waals surface area contributed by atoms with E-state index in [1.54, 1.807) is 17.0 Å². The predicted molar refractivity (Wildman–Crippen MR) is 102 cm³/mol. The molecule has 1 atom stereocenters. The molecule has 0 bridgehead atoms. The van der Waals surface area contributed by atoms with E-state index in [1.807, 2.05) is 37.3 Å². The Kier molecular flexibility index (Phi) is 6.54. The second-order valence-electron chi connectivity index (χ2n) is 6.58. The van der Waals surface area contributed by atoms with Crippen molar-refractivity contribution >= 4 is 11.8 Å². The molecule has 0 saturated carbocycles. The summed E-state index contributed by atoms with van der Waals surface area (Å²) in [6.45, 7) is 4.26. The molecule has 6 nitrogen and oxygen atoms in total. The molecule has 1 N–H and O–H groups in total. The van der Waals surface area contributed by atoms with Crippen molar-refractivity contribution in [2.24, 2.45) is 0 Å². The Morgan fingerprint density at radius 1 is 1.26 bits per heavy atom. The monoisotopic (exact) mass is 367 g/mol. The highest BCUT2D eigenvalue weighted by molar-refractivity contribution is 5.98. The van der Waals surface area contributed by atoms with Crippen molar-refractivity contribution in [1.29, 1.82) is 0 Å². The number of rotatable bonds is 7. The van der Waals surface area contributed by atoms with Gasteiger partial charge in [0, 0.05) is 38.0 Å². The molecule has 3 rings (SSSR count). The number of hydrogen-bond donors (Lipinski definition) is 1. The number of hydrogen-bond acceptors (Lipinski definition) is 4. The molecular weight excluding hydrogens is 342 g/mol. The lowest BCUT2D eigenvalue weighted by Gasteiger charge is -2.21. The Labute approximate surface area is 159 Å². The maximum Gasteiger partial charge on any atom is 0.269 e. The van der Waals surface area contributed by atoms with Crippen LogP contribution in [0.5, 0.6) is 0 Å². The maximum absolute atomic E-state index is 12.9. The van der Waals surface area contributed by atoms with Gasteiger partial charge in [0.05, 0.1) is 6.10 Å². The topological polar surface area (TPSA) is 71.5 Å². The van der Waals surface area contributed by atoms with Gasteiger partial charge in [-0.25, -0.2) is 0 Å².